The molecule has 3 aromatic rings. The number of fused-ring (bicyclic) bond motifs is 1. The first kappa shape index (κ1) is 15.5. The number of hydrogen-bond acceptors (Lipinski definition) is 2. The van der Waals surface area contributed by atoms with Crippen molar-refractivity contribution in [1.29, 1.82) is 0 Å². The molecule has 120 valence electrons. The Balaban J connectivity index is 2.15. The highest BCUT2D eigenvalue weighted by atomic mass is 19.4. The smallest absolute Gasteiger partial charge is 0.379 e. The zero-order valence-electron chi connectivity index (χ0n) is 12.0. The van der Waals surface area contributed by atoms with E-state index in [1.807, 2.05) is 0 Å². The Labute approximate surface area is 128 Å². The summed E-state index contributed by atoms with van der Waals surface area (Å²) in [5, 5.41) is 14.2. The Bertz CT molecular complexity index is 870. The van der Waals surface area contributed by atoms with Crippen molar-refractivity contribution in [2.75, 3.05) is 0 Å². The minimum absolute atomic E-state index is 0.265. The van der Waals surface area contributed by atoms with Crippen LogP contribution in [0.5, 0.6) is 0 Å². The molecule has 1 heterocycles. The van der Waals surface area contributed by atoms with Crippen molar-refractivity contribution in [3.8, 4) is 11.3 Å². The standard InChI is InChI=1S/C16H12F4N2O/c1-22-13-8-10(15(23)16(18,19)20)5-6-12(13)14(21-22)9-3-2-4-11(17)7-9/h2-8,15,23H,1H3. The van der Waals surface area contributed by atoms with Gasteiger partial charge in [0, 0.05) is 18.0 Å². The Morgan fingerprint density at radius 2 is 1.87 bits per heavy atom. The van der Waals surface area contributed by atoms with Crippen LogP contribution in [0.15, 0.2) is 42.5 Å². The number of benzene rings is 2. The molecule has 0 aliphatic rings. The van der Waals surface area contributed by atoms with Gasteiger partial charge in [-0.3, -0.25) is 4.68 Å². The zero-order chi connectivity index (χ0) is 16.8. The van der Waals surface area contributed by atoms with E-state index in [4.69, 9.17) is 0 Å². The highest BCUT2D eigenvalue weighted by molar-refractivity contribution is 5.93. The molecule has 1 aromatic heterocycles. The van der Waals surface area contributed by atoms with Gasteiger partial charge < -0.3 is 5.11 Å². The molecule has 0 radical (unpaired) electrons. The van der Waals surface area contributed by atoms with Gasteiger partial charge >= 0.3 is 6.18 Å². The summed E-state index contributed by atoms with van der Waals surface area (Å²) in [5.41, 5.74) is 1.15. The molecule has 0 aliphatic heterocycles. The minimum atomic E-state index is -4.74. The van der Waals surface area contributed by atoms with Crippen LogP contribution >= 0.6 is 0 Å². The normalized spacial score (nSPS) is 13.5. The van der Waals surface area contributed by atoms with E-state index in [2.05, 4.69) is 5.10 Å². The van der Waals surface area contributed by atoms with Gasteiger partial charge in [-0.1, -0.05) is 24.3 Å². The maximum atomic E-state index is 13.4. The lowest BCUT2D eigenvalue weighted by molar-refractivity contribution is -0.206. The molecule has 0 saturated heterocycles. The van der Waals surface area contributed by atoms with Crippen LogP contribution in [-0.2, 0) is 7.05 Å². The topological polar surface area (TPSA) is 38.0 Å². The van der Waals surface area contributed by atoms with Gasteiger partial charge in [-0.25, -0.2) is 4.39 Å². The number of rotatable bonds is 2. The number of hydrogen-bond donors (Lipinski definition) is 1. The van der Waals surface area contributed by atoms with Gasteiger partial charge in [-0.05, 0) is 23.8 Å². The van der Waals surface area contributed by atoms with Crippen molar-refractivity contribution in [1.82, 2.24) is 9.78 Å². The van der Waals surface area contributed by atoms with Crippen LogP contribution in [0, 0.1) is 5.82 Å². The molecule has 2 aromatic carbocycles. The Morgan fingerprint density at radius 3 is 2.52 bits per heavy atom. The molecule has 0 amide bonds. The molecule has 7 heteroatoms. The van der Waals surface area contributed by atoms with Gasteiger partial charge in [-0.15, -0.1) is 0 Å². The number of alkyl halides is 3. The average Bonchev–Trinajstić information content (AvgIpc) is 2.82. The largest absolute Gasteiger partial charge is 0.418 e. The highest BCUT2D eigenvalue weighted by Gasteiger charge is 2.39. The van der Waals surface area contributed by atoms with Gasteiger partial charge in [0.05, 0.1) is 5.52 Å². The maximum absolute atomic E-state index is 13.4. The van der Waals surface area contributed by atoms with Crippen LogP contribution in [0.4, 0.5) is 17.6 Å². The zero-order valence-corrected chi connectivity index (χ0v) is 12.0. The summed E-state index contributed by atoms with van der Waals surface area (Å²) in [7, 11) is 1.58. The summed E-state index contributed by atoms with van der Waals surface area (Å²) in [6.45, 7) is 0. The fraction of sp³-hybridized carbons (Fsp3) is 0.188. The van der Waals surface area contributed by atoms with Crippen molar-refractivity contribution >= 4 is 10.9 Å². The first-order valence-corrected chi connectivity index (χ1v) is 6.75. The van der Waals surface area contributed by atoms with E-state index >= 15 is 0 Å². The lowest BCUT2D eigenvalue weighted by Crippen LogP contribution is -2.20. The van der Waals surface area contributed by atoms with E-state index in [1.54, 1.807) is 13.1 Å². The van der Waals surface area contributed by atoms with Gasteiger partial charge in [0.1, 0.15) is 11.5 Å². The Kier molecular flexibility index (Phi) is 3.60. The summed E-state index contributed by atoms with van der Waals surface area (Å²) < 4.78 is 52.7. The summed E-state index contributed by atoms with van der Waals surface area (Å²) in [4.78, 5) is 0. The molecular weight excluding hydrogens is 312 g/mol. The van der Waals surface area contributed by atoms with Crippen molar-refractivity contribution in [2.45, 2.75) is 12.3 Å². The molecule has 0 saturated carbocycles. The molecular formula is C16H12F4N2O. The molecule has 1 atom stereocenters. The summed E-state index contributed by atoms with van der Waals surface area (Å²) in [5.74, 6) is -0.426. The molecule has 3 rings (SSSR count). The second kappa shape index (κ2) is 5.34. The maximum Gasteiger partial charge on any atom is 0.418 e. The number of nitrogens with zero attached hydrogens (tertiary/aromatic N) is 2. The summed E-state index contributed by atoms with van der Waals surface area (Å²) in [6.07, 6.45) is -7.29. The van der Waals surface area contributed by atoms with E-state index < -0.39 is 18.1 Å². The average molecular weight is 324 g/mol. The molecule has 0 bridgehead atoms. The van der Waals surface area contributed by atoms with Crippen LogP contribution < -0.4 is 0 Å². The molecule has 1 N–H and O–H groups in total. The third kappa shape index (κ3) is 2.79. The van der Waals surface area contributed by atoms with Crippen LogP contribution in [0.3, 0.4) is 0 Å². The second-order valence-corrected chi connectivity index (χ2v) is 5.20. The van der Waals surface area contributed by atoms with E-state index in [9.17, 15) is 22.7 Å². The van der Waals surface area contributed by atoms with E-state index in [1.165, 1.54) is 41.1 Å². The lowest BCUT2D eigenvalue weighted by Gasteiger charge is -2.14. The molecule has 23 heavy (non-hydrogen) atoms. The third-order valence-electron chi connectivity index (χ3n) is 3.60. The minimum Gasteiger partial charge on any atom is -0.379 e. The van der Waals surface area contributed by atoms with Crippen molar-refractivity contribution in [2.24, 2.45) is 7.05 Å². The van der Waals surface area contributed by atoms with E-state index in [-0.39, 0.29) is 5.56 Å². The third-order valence-corrected chi connectivity index (χ3v) is 3.60. The predicted octanol–water partition coefficient (Wildman–Crippen LogP) is 3.98. The molecule has 1 unspecified atom stereocenters. The summed E-state index contributed by atoms with van der Waals surface area (Å²) in [6, 6.07) is 9.70. The number of aryl methyl sites for hydroxylation is 1. The van der Waals surface area contributed by atoms with E-state index in [0.717, 1.165) is 0 Å². The predicted molar refractivity (Wildman–Crippen MR) is 77.1 cm³/mol. The second-order valence-electron chi connectivity index (χ2n) is 5.20. The summed E-state index contributed by atoms with van der Waals surface area (Å²) >= 11 is 0. The lowest BCUT2D eigenvalue weighted by atomic mass is 10.0. The van der Waals surface area contributed by atoms with Crippen LogP contribution in [0.25, 0.3) is 22.2 Å². The molecule has 3 nitrogen and oxygen atoms in total. The first-order valence-electron chi connectivity index (χ1n) is 6.75. The number of aliphatic hydroxyl groups is 1. The fourth-order valence-electron chi connectivity index (χ4n) is 2.48. The van der Waals surface area contributed by atoms with Gasteiger partial charge in [-0.2, -0.15) is 18.3 Å². The number of aliphatic hydroxyl groups excluding tert-OH is 1. The number of aromatic nitrogens is 2. The first-order chi connectivity index (χ1) is 10.8. The van der Waals surface area contributed by atoms with Gasteiger partial charge in [0.15, 0.2) is 6.10 Å². The van der Waals surface area contributed by atoms with Gasteiger partial charge in [0.2, 0.25) is 0 Å². The molecule has 0 spiro atoms. The van der Waals surface area contributed by atoms with Crippen LogP contribution in [0.1, 0.15) is 11.7 Å². The Hall–Kier alpha value is -2.41. The fourth-order valence-corrected chi connectivity index (χ4v) is 2.48. The van der Waals surface area contributed by atoms with Crippen LogP contribution in [-0.4, -0.2) is 21.1 Å². The van der Waals surface area contributed by atoms with Crippen molar-refractivity contribution < 1.29 is 22.7 Å². The highest BCUT2D eigenvalue weighted by Crippen LogP contribution is 2.35. The quantitative estimate of drug-likeness (QED) is 0.724. The molecule has 0 fully saturated rings. The SMILES string of the molecule is Cn1nc(-c2cccc(F)c2)c2ccc(C(O)C(F)(F)F)cc21. The van der Waals surface area contributed by atoms with Crippen molar-refractivity contribution in [3.05, 3.63) is 53.8 Å². The van der Waals surface area contributed by atoms with Crippen LogP contribution in [0.2, 0.25) is 0 Å². The van der Waals surface area contributed by atoms with Crippen molar-refractivity contribution in [3.63, 3.8) is 0 Å². The van der Waals surface area contributed by atoms with Gasteiger partial charge in [0.25, 0.3) is 0 Å². The van der Waals surface area contributed by atoms with E-state index in [0.29, 0.717) is 22.2 Å². The molecule has 0 aliphatic carbocycles. The monoisotopic (exact) mass is 324 g/mol. The Morgan fingerprint density at radius 1 is 1.13 bits per heavy atom. The number of halogens is 4.